The lowest BCUT2D eigenvalue weighted by Gasteiger charge is -2.17. The summed E-state index contributed by atoms with van der Waals surface area (Å²) in [5.41, 5.74) is 2.60. The number of halogens is 1. The molecule has 1 amide bonds. The number of thiophene rings is 1. The maximum absolute atomic E-state index is 12.0. The molecule has 0 saturated carbocycles. The molecule has 2 rings (SSSR count). The fourth-order valence-corrected chi connectivity index (χ4v) is 2.79. The highest BCUT2D eigenvalue weighted by Gasteiger charge is 2.13. The average molecular weight is 309 g/mol. The maximum atomic E-state index is 12.0. The van der Waals surface area contributed by atoms with Gasteiger partial charge in [0.1, 0.15) is 0 Å². The van der Waals surface area contributed by atoms with Gasteiger partial charge in [0.2, 0.25) is 0 Å². The van der Waals surface area contributed by atoms with Crippen molar-refractivity contribution in [1.82, 2.24) is 4.90 Å². The normalized spacial score (nSPS) is 12.0. The maximum Gasteiger partial charge on any atom is 0.253 e. The Balaban J connectivity index is 2.23. The van der Waals surface area contributed by atoms with E-state index in [2.05, 4.69) is 23.7 Å². The molecule has 0 bridgehead atoms. The van der Waals surface area contributed by atoms with Gasteiger partial charge in [-0.05, 0) is 47.5 Å². The van der Waals surface area contributed by atoms with E-state index in [9.17, 15) is 4.79 Å². The van der Waals surface area contributed by atoms with E-state index in [1.165, 1.54) is 5.56 Å². The molecule has 106 valence electrons. The summed E-state index contributed by atoms with van der Waals surface area (Å²) < 4.78 is 0. The van der Waals surface area contributed by atoms with E-state index in [0.29, 0.717) is 10.6 Å². The van der Waals surface area contributed by atoms with Crippen molar-refractivity contribution >= 4 is 34.5 Å². The molecule has 20 heavy (non-hydrogen) atoms. The summed E-state index contributed by atoms with van der Waals surface area (Å²) in [5.74, 6) is -0.0343. The van der Waals surface area contributed by atoms with Crippen LogP contribution in [-0.2, 0) is 0 Å². The first-order valence-corrected chi connectivity index (χ1v) is 7.61. The first-order chi connectivity index (χ1) is 9.49. The monoisotopic (exact) mass is 308 g/mol. The summed E-state index contributed by atoms with van der Waals surface area (Å²) in [4.78, 5) is 13.5. The van der Waals surface area contributed by atoms with E-state index in [0.717, 1.165) is 5.69 Å². The van der Waals surface area contributed by atoms with E-state index in [1.54, 1.807) is 48.5 Å². The van der Waals surface area contributed by atoms with Gasteiger partial charge in [-0.1, -0.05) is 11.6 Å². The number of anilines is 1. The molecule has 1 unspecified atom stereocenters. The molecule has 1 atom stereocenters. The lowest BCUT2D eigenvalue weighted by Crippen LogP contribution is -2.21. The van der Waals surface area contributed by atoms with Crippen LogP contribution in [0.4, 0.5) is 5.69 Å². The SMILES string of the molecule is CC(Nc1cc(C(=O)N(C)C)ccc1Cl)c1ccsc1. The fourth-order valence-electron chi connectivity index (χ4n) is 1.87. The van der Waals surface area contributed by atoms with E-state index in [-0.39, 0.29) is 11.9 Å². The zero-order chi connectivity index (χ0) is 14.7. The van der Waals surface area contributed by atoms with Gasteiger partial charge in [0.05, 0.1) is 10.7 Å². The standard InChI is InChI=1S/C15H17ClN2OS/c1-10(12-6-7-20-9-12)17-14-8-11(4-5-13(14)16)15(19)18(2)3/h4-10,17H,1-3H3. The topological polar surface area (TPSA) is 32.3 Å². The zero-order valence-corrected chi connectivity index (χ0v) is 13.3. The Bertz CT molecular complexity index is 596. The highest BCUT2D eigenvalue weighted by molar-refractivity contribution is 7.08. The lowest BCUT2D eigenvalue weighted by molar-refractivity contribution is 0.0827. The highest BCUT2D eigenvalue weighted by atomic mass is 35.5. The van der Waals surface area contributed by atoms with E-state index in [1.807, 2.05) is 5.38 Å². The Morgan fingerprint density at radius 1 is 1.35 bits per heavy atom. The number of hydrogen-bond acceptors (Lipinski definition) is 3. The van der Waals surface area contributed by atoms with Gasteiger partial charge >= 0.3 is 0 Å². The van der Waals surface area contributed by atoms with Gasteiger partial charge < -0.3 is 10.2 Å². The first-order valence-electron chi connectivity index (χ1n) is 6.29. The molecule has 3 nitrogen and oxygen atoms in total. The molecule has 1 heterocycles. The lowest BCUT2D eigenvalue weighted by atomic mass is 10.1. The van der Waals surface area contributed by atoms with Crippen LogP contribution in [-0.4, -0.2) is 24.9 Å². The van der Waals surface area contributed by atoms with Gasteiger partial charge in [0.25, 0.3) is 5.91 Å². The minimum atomic E-state index is -0.0343. The van der Waals surface area contributed by atoms with Crippen molar-refractivity contribution < 1.29 is 4.79 Å². The van der Waals surface area contributed by atoms with Crippen LogP contribution >= 0.6 is 22.9 Å². The van der Waals surface area contributed by atoms with Crippen LogP contribution in [0.5, 0.6) is 0 Å². The largest absolute Gasteiger partial charge is 0.377 e. The summed E-state index contributed by atoms with van der Waals surface area (Å²) in [5, 5.41) is 8.10. The van der Waals surface area contributed by atoms with Crippen molar-refractivity contribution in [2.45, 2.75) is 13.0 Å². The predicted octanol–water partition coefficient (Wildman–Crippen LogP) is 4.28. The molecule has 5 heteroatoms. The molecule has 0 fully saturated rings. The molecule has 0 aliphatic carbocycles. The van der Waals surface area contributed by atoms with Crippen LogP contribution in [0.1, 0.15) is 28.9 Å². The van der Waals surface area contributed by atoms with Crippen molar-refractivity contribution in [2.24, 2.45) is 0 Å². The van der Waals surface area contributed by atoms with Crippen molar-refractivity contribution in [1.29, 1.82) is 0 Å². The van der Waals surface area contributed by atoms with Crippen molar-refractivity contribution in [3.63, 3.8) is 0 Å². The molecule has 0 radical (unpaired) electrons. The van der Waals surface area contributed by atoms with Crippen LogP contribution in [0.2, 0.25) is 5.02 Å². The first kappa shape index (κ1) is 14.9. The van der Waals surface area contributed by atoms with Gasteiger partial charge in [0.15, 0.2) is 0 Å². The van der Waals surface area contributed by atoms with Crippen molar-refractivity contribution in [3.8, 4) is 0 Å². The minimum absolute atomic E-state index is 0.0343. The second-order valence-corrected chi connectivity index (χ2v) is 6.00. The number of benzene rings is 1. The summed E-state index contributed by atoms with van der Waals surface area (Å²) in [6.45, 7) is 2.07. The van der Waals surface area contributed by atoms with Crippen LogP contribution < -0.4 is 5.32 Å². The van der Waals surface area contributed by atoms with Crippen molar-refractivity contribution in [3.05, 3.63) is 51.2 Å². The number of carbonyl (C=O) groups is 1. The van der Waals surface area contributed by atoms with Gasteiger partial charge in [-0.25, -0.2) is 0 Å². The molecule has 0 aliphatic rings. The van der Waals surface area contributed by atoms with Crippen molar-refractivity contribution in [2.75, 3.05) is 19.4 Å². The van der Waals surface area contributed by atoms with Crippen LogP contribution in [0.15, 0.2) is 35.0 Å². The Kier molecular flexibility index (Phi) is 4.68. The van der Waals surface area contributed by atoms with E-state index < -0.39 is 0 Å². The molecule has 0 aliphatic heterocycles. The Labute approximate surface area is 128 Å². The number of nitrogens with one attached hydrogen (secondary N) is 1. The highest BCUT2D eigenvalue weighted by Crippen LogP contribution is 2.28. The second-order valence-electron chi connectivity index (χ2n) is 4.82. The second kappa shape index (κ2) is 6.29. The molecule has 0 saturated heterocycles. The Morgan fingerprint density at radius 3 is 2.70 bits per heavy atom. The third-order valence-electron chi connectivity index (χ3n) is 3.03. The van der Waals surface area contributed by atoms with Gasteiger partial charge in [0, 0.05) is 25.7 Å². The number of hydrogen-bond donors (Lipinski definition) is 1. The number of amides is 1. The van der Waals surface area contributed by atoms with Gasteiger partial charge in [-0.15, -0.1) is 0 Å². The molecule has 1 aromatic heterocycles. The van der Waals surface area contributed by atoms with E-state index >= 15 is 0 Å². The van der Waals surface area contributed by atoms with Crippen LogP contribution in [0, 0.1) is 0 Å². The smallest absolute Gasteiger partial charge is 0.253 e. The Hall–Kier alpha value is -1.52. The van der Waals surface area contributed by atoms with Gasteiger partial charge in [-0.2, -0.15) is 11.3 Å². The number of carbonyl (C=O) groups excluding carboxylic acids is 1. The third kappa shape index (κ3) is 3.32. The number of nitrogens with zero attached hydrogens (tertiary/aromatic N) is 1. The summed E-state index contributed by atoms with van der Waals surface area (Å²) in [7, 11) is 3.47. The fraction of sp³-hybridized carbons (Fsp3) is 0.267. The Morgan fingerprint density at radius 2 is 2.10 bits per heavy atom. The van der Waals surface area contributed by atoms with Crippen LogP contribution in [0.3, 0.4) is 0 Å². The van der Waals surface area contributed by atoms with Gasteiger partial charge in [-0.3, -0.25) is 4.79 Å². The summed E-state index contributed by atoms with van der Waals surface area (Å²) >= 11 is 7.86. The average Bonchev–Trinajstić information content (AvgIpc) is 2.94. The molecule has 1 N–H and O–H groups in total. The quantitative estimate of drug-likeness (QED) is 0.914. The zero-order valence-electron chi connectivity index (χ0n) is 11.7. The summed E-state index contributed by atoms with van der Waals surface area (Å²) in [6, 6.07) is 7.51. The minimum Gasteiger partial charge on any atom is -0.377 e. The molecular weight excluding hydrogens is 292 g/mol. The molecular formula is C15H17ClN2OS. The molecule has 2 aromatic rings. The molecule has 0 spiro atoms. The number of rotatable bonds is 4. The third-order valence-corrected chi connectivity index (χ3v) is 4.07. The predicted molar refractivity (Wildman–Crippen MR) is 85.8 cm³/mol. The van der Waals surface area contributed by atoms with E-state index in [4.69, 9.17) is 11.6 Å². The summed E-state index contributed by atoms with van der Waals surface area (Å²) in [6.07, 6.45) is 0. The molecule has 1 aromatic carbocycles. The van der Waals surface area contributed by atoms with Crippen LogP contribution in [0.25, 0.3) is 0 Å².